The molecule has 0 aliphatic rings. The summed E-state index contributed by atoms with van der Waals surface area (Å²) in [5.41, 5.74) is 5.33. The fourth-order valence-electron chi connectivity index (χ4n) is 2.70. The van der Waals surface area contributed by atoms with Crippen LogP contribution in [0.1, 0.15) is 29.4 Å². The van der Waals surface area contributed by atoms with Crippen molar-refractivity contribution in [3.63, 3.8) is 0 Å². The van der Waals surface area contributed by atoms with Crippen LogP contribution in [-0.2, 0) is 0 Å². The van der Waals surface area contributed by atoms with E-state index in [9.17, 15) is 4.79 Å². The van der Waals surface area contributed by atoms with Gasteiger partial charge in [-0.25, -0.2) is 0 Å². The van der Waals surface area contributed by atoms with Gasteiger partial charge in [0.1, 0.15) is 0 Å². The molecule has 3 aromatic rings. The number of aromatic nitrogens is 1. The predicted molar refractivity (Wildman–Crippen MR) is 83.1 cm³/mol. The molecule has 2 nitrogen and oxygen atoms in total. The molecule has 0 fully saturated rings. The van der Waals surface area contributed by atoms with Crippen molar-refractivity contribution < 1.29 is 4.79 Å². The van der Waals surface area contributed by atoms with E-state index in [-0.39, 0.29) is 5.78 Å². The number of aryl methyl sites for hydroxylation is 1. The lowest BCUT2D eigenvalue weighted by atomic mass is 9.98. The van der Waals surface area contributed by atoms with Crippen LogP contribution in [0, 0.1) is 6.92 Å². The molecule has 0 saturated carbocycles. The van der Waals surface area contributed by atoms with Crippen LogP contribution in [0.5, 0.6) is 0 Å². The van der Waals surface area contributed by atoms with Crippen LogP contribution in [-0.4, -0.2) is 10.8 Å². The van der Waals surface area contributed by atoms with E-state index < -0.39 is 0 Å². The number of nitrogens with one attached hydrogen (secondary N) is 1. The van der Waals surface area contributed by atoms with E-state index in [1.807, 2.05) is 37.3 Å². The van der Waals surface area contributed by atoms with E-state index in [4.69, 9.17) is 0 Å². The zero-order valence-electron chi connectivity index (χ0n) is 11.7. The van der Waals surface area contributed by atoms with Crippen LogP contribution in [0.3, 0.4) is 0 Å². The Balaban J connectivity index is 2.21. The second-order valence-electron chi connectivity index (χ2n) is 5.03. The number of hydrogen-bond acceptors (Lipinski definition) is 1. The summed E-state index contributed by atoms with van der Waals surface area (Å²) in [6.45, 7) is 3.97. The number of carbonyl (C=O) groups is 1. The fourth-order valence-corrected chi connectivity index (χ4v) is 2.70. The summed E-state index contributed by atoms with van der Waals surface area (Å²) in [6.07, 6.45) is 0.538. The Hall–Kier alpha value is -2.35. The van der Waals surface area contributed by atoms with E-state index in [2.05, 4.69) is 30.1 Å². The van der Waals surface area contributed by atoms with Crippen LogP contribution in [0.4, 0.5) is 0 Å². The lowest BCUT2D eigenvalue weighted by molar-refractivity contribution is 0.0988. The van der Waals surface area contributed by atoms with Crippen molar-refractivity contribution in [1.29, 1.82) is 0 Å². The van der Waals surface area contributed by atoms with E-state index in [1.54, 1.807) is 0 Å². The second kappa shape index (κ2) is 4.97. The van der Waals surface area contributed by atoms with Gasteiger partial charge in [0.15, 0.2) is 5.78 Å². The minimum atomic E-state index is 0.185. The van der Waals surface area contributed by atoms with Gasteiger partial charge in [0, 0.05) is 34.1 Å². The predicted octanol–water partition coefficient (Wildman–Crippen LogP) is 4.74. The molecule has 0 atom stereocenters. The molecule has 0 unspecified atom stereocenters. The Morgan fingerprint density at radius 2 is 1.90 bits per heavy atom. The van der Waals surface area contributed by atoms with Gasteiger partial charge in [0.25, 0.3) is 0 Å². The highest BCUT2D eigenvalue weighted by molar-refractivity contribution is 6.00. The Morgan fingerprint density at radius 1 is 1.10 bits per heavy atom. The Bertz CT molecular complexity index is 783. The SMILES string of the molecule is CCC(=O)c1cccc(-c2c(C)[nH]c3ccccc23)c1. The van der Waals surface area contributed by atoms with Crippen molar-refractivity contribution in [2.24, 2.45) is 0 Å². The van der Waals surface area contributed by atoms with Gasteiger partial charge >= 0.3 is 0 Å². The van der Waals surface area contributed by atoms with Crippen LogP contribution >= 0.6 is 0 Å². The number of aromatic amines is 1. The van der Waals surface area contributed by atoms with E-state index >= 15 is 0 Å². The van der Waals surface area contributed by atoms with Crippen LogP contribution in [0.2, 0.25) is 0 Å². The van der Waals surface area contributed by atoms with Crippen LogP contribution in [0.15, 0.2) is 48.5 Å². The van der Waals surface area contributed by atoms with Gasteiger partial charge in [-0.2, -0.15) is 0 Å². The van der Waals surface area contributed by atoms with Crippen LogP contribution < -0.4 is 0 Å². The highest BCUT2D eigenvalue weighted by atomic mass is 16.1. The Morgan fingerprint density at radius 3 is 2.70 bits per heavy atom. The molecule has 100 valence electrons. The van der Waals surface area contributed by atoms with Crippen molar-refractivity contribution in [2.75, 3.05) is 0 Å². The number of ketones is 1. The molecular formula is C18H17NO. The molecule has 1 heterocycles. The number of H-pyrrole nitrogens is 1. The standard InChI is InChI=1S/C18H17NO/c1-3-17(20)13-7-6-8-14(11-13)18-12(2)19-16-10-5-4-9-15(16)18/h4-11,19H,3H2,1-2H3. The largest absolute Gasteiger partial charge is 0.358 e. The first-order valence-corrected chi connectivity index (χ1v) is 6.91. The Kier molecular flexibility index (Phi) is 3.15. The zero-order chi connectivity index (χ0) is 14.1. The van der Waals surface area contributed by atoms with E-state index in [0.29, 0.717) is 6.42 Å². The number of Topliss-reactive ketones (excluding diaryl/α,β-unsaturated/α-hetero) is 1. The average Bonchev–Trinajstić information content (AvgIpc) is 2.82. The monoisotopic (exact) mass is 263 g/mol. The summed E-state index contributed by atoms with van der Waals surface area (Å²) in [7, 11) is 0. The topological polar surface area (TPSA) is 32.9 Å². The fraction of sp³-hybridized carbons (Fsp3) is 0.167. The normalized spacial score (nSPS) is 10.9. The summed E-state index contributed by atoms with van der Waals surface area (Å²) >= 11 is 0. The number of carbonyl (C=O) groups excluding carboxylic acids is 1. The highest BCUT2D eigenvalue weighted by Gasteiger charge is 2.11. The van der Waals surface area contributed by atoms with Gasteiger partial charge in [-0.3, -0.25) is 4.79 Å². The molecule has 2 heteroatoms. The summed E-state index contributed by atoms with van der Waals surface area (Å²) in [4.78, 5) is 15.3. The van der Waals surface area contributed by atoms with Crippen molar-refractivity contribution in [3.05, 3.63) is 59.8 Å². The van der Waals surface area contributed by atoms with E-state index in [0.717, 1.165) is 22.3 Å². The number of para-hydroxylation sites is 1. The first-order valence-electron chi connectivity index (χ1n) is 6.91. The van der Waals surface area contributed by atoms with E-state index in [1.165, 1.54) is 10.9 Å². The average molecular weight is 263 g/mol. The smallest absolute Gasteiger partial charge is 0.162 e. The second-order valence-corrected chi connectivity index (χ2v) is 5.03. The van der Waals surface area contributed by atoms with Gasteiger partial charge in [0.05, 0.1) is 0 Å². The lowest BCUT2D eigenvalue weighted by Crippen LogP contribution is -1.96. The third-order valence-corrected chi connectivity index (χ3v) is 3.69. The molecule has 0 radical (unpaired) electrons. The maximum absolute atomic E-state index is 11.9. The lowest BCUT2D eigenvalue weighted by Gasteiger charge is -2.05. The van der Waals surface area contributed by atoms with Gasteiger partial charge < -0.3 is 4.98 Å². The number of benzene rings is 2. The summed E-state index contributed by atoms with van der Waals surface area (Å²) in [6, 6.07) is 16.2. The molecule has 0 saturated heterocycles. The third kappa shape index (κ3) is 2.03. The van der Waals surface area contributed by atoms with Crippen molar-refractivity contribution in [1.82, 2.24) is 4.98 Å². The first-order chi connectivity index (χ1) is 9.70. The summed E-state index contributed by atoms with van der Waals surface area (Å²) in [5.74, 6) is 0.185. The molecule has 1 aromatic heterocycles. The molecule has 0 spiro atoms. The molecular weight excluding hydrogens is 246 g/mol. The number of hydrogen-bond donors (Lipinski definition) is 1. The molecule has 0 aliphatic heterocycles. The minimum absolute atomic E-state index is 0.185. The van der Waals surface area contributed by atoms with Gasteiger partial charge in [-0.05, 0) is 24.6 Å². The minimum Gasteiger partial charge on any atom is -0.358 e. The summed E-state index contributed by atoms with van der Waals surface area (Å²) < 4.78 is 0. The number of rotatable bonds is 3. The van der Waals surface area contributed by atoms with Gasteiger partial charge in [-0.1, -0.05) is 43.3 Å². The molecule has 3 rings (SSSR count). The molecule has 0 amide bonds. The maximum atomic E-state index is 11.9. The molecule has 1 N–H and O–H groups in total. The van der Waals surface area contributed by atoms with Crippen molar-refractivity contribution >= 4 is 16.7 Å². The maximum Gasteiger partial charge on any atom is 0.162 e. The molecule has 20 heavy (non-hydrogen) atoms. The molecule has 2 aromatic carbocycles. The summed E-state index contributed by atoms with van der Waals surface area (Å²) in [5, 5.41) is 1.20. The van der Waals surface area contributed by atoms with Crippen molar-refractivity contribution in [2.45, 2.75) is 20.3 Å². The number of fused-ring (bicyclic) bond motifs is 1. The first kappa shape index (κ1) is 12.7. The Labute approximate surface area is 118 Å². The van der Waals surface area contributed by atoms with Gasteiger partial charge in [0.2, 0.25) is 0 Å². The molecule has 0 bridgehead atoms. The molecule has 0 aliphatic carbocycles. The highest BCUT2D eigenvalue weighted by Crippen LogP contribution is 2.32. The third-order valence-electron chi connectivity index (χ3n) is 3.69. The van der Waals surface area contributed by atoms with Gasteiger partial charge in [-0.15, -0.1) is 0 Å². The van der Waals surface area contributed by atoms with Crippen LogP contribution in [0.25, 0.3) is 22.0 Å². The zero-order valence-corrected chi connectivity index (χ0v) is 11.7. The quantitative estimate of drug-likeness (QED) is 0.680. The van der Waals surface area contributed by atoms with Crippen molar-refractivity contribution in [3.8, 4) is 11.1 Å².